The fourth-order valence-corrected chi connectivity index (χ4v) is 0.878. The third kappa shape index (κ3) is 4.16. The van der Waals surface area contributed by atoms with Crippen molar-refractivity contribution in [3.63, 3.8) is 0 Å². The molecule has 0 aromatic rings. The van der Waals surface area contributed by atoms with Gasteiger partial charge in [0.1, 0.15) is 0 Å². The Kier molecular flexibility index (Phi) is 3.72. The molecule has 0 saturated heterocycles. The number of carbonyl (C=O) groups excluding carboxylic acids is 1. The van der Waals surface area contributed by atoms with E-state index in [1.54, 1.807) is 18.4 Å². The van der Waals surface area contributed by atoms with Crippen LogP contribution in [0.4, 0.5) is 4.79 Å². The molecule has 1 amide bonds. The van der Waals surface area contributed by atoms with Gasteiger partial charge in [0, 0.05) is 0 Å². The molecular formula is C5H13N2OS2+. The first-order chi connectivity index (χ1) is 4.34. The van der Waals surface area contributed by atoms with Crippen LogP contribution in [-0.2, 0) is 0 Å². The van der Waals surface area contributed by atoms with Crippen molar-refractivity contribution in [3.05, 3.63) is 0 Å². The first-order valence-electron chi connectivity index (χ1n) is 2.80. The number of amides is 1. The lowest BCUT2D eigenvalue weighted by molar-refractivity contribution is -0.647. The molecule has 0 aliphatic heterocycles. The van der Waals surface area contributed by atoms with E-state index in [2.05, 4.69) is 12.8 Å². The zero-order valence-corrected chi connectivity index (χ0v) is 8.37. The number of thiol groups is 1. The topological polar surface area (TPSA) is 20.3 Å². The summed E-state index contributed by atoms with van der Waals surface area (Å²) in [5, 5.41) is 0.00772. The molecule has 0 aliphatic carbocycles. The monoisotopic (exact) mass is 181 g/mol. The van der Waals surface area contributed by atoms with E-state index < -0.39 is 0 Å². The Bertz CT molecular complexity index is 130. The van der Waals surface area contributed by atoms with Gasteiger partial charge in [-0.05, 0) is 14.1 Å². The highest BCUT2D eigenvalue weighted by molar-refractivity contribution is 8.11. The molecule has 0 saturated carbocycles. The second-order valence-electron chi connectivity index (χ2n) is 2.56. The number of carbonyl (C=O) groups is 1. The van der Waals surface area contributed by atoms with Crippen molar-refractivity contribution >= 4 is 30.0 Å². The number of quaternary nitrogens is 1. The van der Waals surface area contributed by atoms with Crippen molar-refractivity contribution in [1.29, 1.82) is 0 Å². The summed E-state index contributed by atoms with van der Waals surface area (Å²) in [7, 11) is 7.10. The first-order valence-corrected chi connectivity index (χ1v) is 3.98. The molecule has 0 unspecified atom stereocenters. The van der Waals surface area contributed by atoms with E-state index in [0.717, 1.165) is 11.9 Å². The number of hydrogen-bond donors (Lipinski definition) is 1. The largest absolute Gasteiger partial charge is 0.401 e. The molecule has 0 rings (SSSR count). The minimum atomic E-state index is 0.00772. The van der Waals surface area contributed by atoms with Gasteiger partial charge in [-0.2, -0.15) is 3.89 Å². The van der Waals surface area contributed by atoms with Crippen LogP contribution >= 0.6 is 24.8 Å². The standard InChI is InChI=1S/C5H13N2OS2/c1-6(2)10-5(8)7(3,4)9/h9H,1-4H3/q+1. The molecular weight excluding hydrogens is 168 g/mol. The Morgan fingerprint density at radius 1 is 1.50 bits per heavy atom. The van der Waals surface area contributed by atoms with Crippen LogP contribution in [0.2, 0.25) is 0 Å². The normalized spacial score (nSPS) is 12.2. The molecule has 0 bridgehead atoms. The van der Waals surface area contributed by atoms with Gasteiger partial charge in [0.05, 0.1) is 38.9 Å². The van der Waals surface area contributed by atoms with Crippen molar-refractivity contribution in [2.24, 2.45) is 0 Å². The Hall–Kier alpha value is 0.290. The van der Waals surface area contributed by atoms with E-state index in [0.29, 0.717) is 0 Å². The highest BCUT2D eigenvalue weighted by Gasteiger charge is 2.23. The SMILES string of the molecule is CN(C)SC(=O)[N+](C)(C)S. The molecule has 0 aromatic carbocycles. The zero-order valence-electron chi connectivity index (χ0n) is 6.66. The van der Waals surface area contributed by atoms with Crippen LogP contribution in [0.25, 0.3) is 0 Å². The Morgan fingerprint density at radius 3 is 2.00 bits per heavy atom. The van der Waals surface area contributed by atoms with Crippen molar-refractivity contribution in [2.75, 3.05) is 28.2 Å². The number of rotatable bonds is 1. The van der Waals surface area contributed by atoms with Crippen molar-refractivity contribution in [3.8, 4) is 0 Å². The maximum atomic E-state index is 11.1. The molecule has 0 heterocycles. The van der Waals surface area contributed by atoms with E-state index in [4.69, 9.17) is 0 Å². The predicted octanol–water partition coefficient (Wildman–Crippen LogP) is 1.24. The fourth-order valence-electron chi connectivity index (χ4n) is 0.256. The summed E-state index contributed by atoms with van der Waals surface area (Å²) in [4.78, 5) is 11.1. The second-order valence-corrected chi connectivity index (χ2v) is 4.83. The summed E-state index contributed by atoms with van der Waals surface area (Å²) in [6, 6.07) is 0. The zero-order chi connectivity index (χ0) is 8.36. The van der Waals surface area contributed by atoms with Gasteiger partial charge in [-0.15, -0.1) is 0 Å². The quantitative estimate of drug-likeness (QED) is 0.373. The molecule has 3 nitrogen and oxygen atoms in total. The molecule has 10 heavy (non-hydrogen) atoms. The maximum absolute atomic E-state index is 11.1. The average molecular weight is 181 g/mol. The molecule has 0 atom stereocenters. The van der Waals surface area contributed by atoms with Crippen LogP contribution in [0.1, 0.15) is 0 Å². The van der Waals surface area contributed by atoms with Crippen LogP contribution in [-0.4, -0.2) is 41.6 Å². The molecule has 0 N–H and O–H groups in total. The van der Waals surface area contributed by atoms with Gasteiger partial charge in [0.2, 0.25) is 0 Å². The maximum Gasteiger partial charge on any atom is 0.401 e. The lowest BCUT2D eigenvalue weighted by Crippen LogP contribution is -2.33. The lowest BCUT2D eigenvalue weighted by Gasteiger charge is -2.18. The average Bonchev–Trinajstić information content (AvgIpc) is 1.60. The van der Waals surface area contributed by atoms with Gasteiger partial charge in [0.15, 0.2) is 0 Å². The van der Waals surface area contributed by atoms with Crippen molar-refractivity contribution < 1.29 is 8.68 Å². The minimum absolute atomic E-state index is 0.00772. The molecule has 60 valence electrons. The number of hydrogen-bond acceptors (Lipinski definition) is 4. The third-order valence-corrected chi connectivity index (χ3v) is 2.00. The van der Waals surface area contributed by atoms with Crippen LogP contribution < -0.4 is 0 Å². The van der Waals surface area contributed by atoms with Gasteiger partial charge in [-0.3, -0.25) is 0 Å². The molecule has 0 aliphatic rings. The summed E-state index contributed by atoms with van der Waals surface area (Å²) in [6.07, 6.45) is 0. The van der Waals surface area contributed by atoms with Gasteiger partial charge >= 0.3 is 5.24 Å². The smallest absolute Gasteiger partial charge is 0.245 e. The van der Waals surface area contributed by atoms with E-state index in [1.807, 2.05) is 14.1 Å². The first kappa shape index (κ1) is 10.3. The molecule has 0 spiro atoms. The number of nitrogens with zero attached hydrogens (tertiary/aromatic N) is 2. The molecule has 5 heteroatoms. The lowest BCUT2D eigenvalue weighted by atomic mass is 11.0. The minimum Gasteiger partial charge on any atom is -0.245 e. The summed E-state index contributed by atoms with van der Waals surface area (Å²) in [5.74, 6) is 0. The Morgan fingerprint density at radius 2 is 1.90 bits per heavy atom. The molecule has 0 aromatic heterocycles. The van der Waals surface area contributed by atoms with E-state index in [-0.39, 0.29) is 9.13 Å². The van der Waals surface area contributed by atoms with Crippen LogP contribution in [0.5, 0.6) is 0 Å². The Labute approximate surface area is 71.6 Å². The second kappa shape index (κ2) is 3.61. The summed E-state index contributed by atoms with van der Waals surface area (Å²) < 4.78 is 1.81. The van der Waals surface area contributed by atoms with E-state index >= 15 is 0 Å². The molecule has 0 radical (unpaired) electrons. The highest BCUT2D eigenvalue weighted by Crippen LogP contribution is 2.16. The van der Waals surface area contributed by atoms with Crippen LogP contribution in [0.15, 0.2) is 0 Å². The van der Waals surface area contributed by atoms with E-state index in [9.17, 15) is 4.79 Å². The Balaban J connectivity index is 3.87. The van der Waals surface area contributed by atoms with Gasteiger partial charge in [0.25, 0.3) is 0 Å². The van der Waals surface area contributed by atoms with Gasteiger partial charge < -0.3 is 0 Å². The summed E-state index contributed by atoms with van der Waals surface area (Å²) >= 11 is 5.22. The summed E-state index contributed by atoms with van der Waals surface area (Å²) in [5.41, 5.74) is 0. The van der Waals surface area contributed by atoms with Crippen molar-refractivity contribution in [2.45, 2.75) is 0 Å². The summed E-state index contributed by atoms with van der Waals surface area (Å²) in [6.45, 7) is 0. The fraction of sp³-hybridized carbons (Fsp3) is 0.800. The van der Waals surface area contributed by atoms with E-state index in [1.165, 1.54) is 0 Å². The highest BCUT2D eigenvalue weighted by atomic mass is 32.2. The predicted molar refractivity (Wildman–Crippen MR) is 47.8 cm³/mol. The van der Waals surface area contributed by atoms with Gasteiger partial charge in [-0.25, -0.2) is 9.10 Å². The van der Waals surface area contributed by atoms with Crippen LogP contribution in [0.3, 0.4) is 0 Å². The van der Waals surface area contributed by atoms with Crippen molar-refractivity contribution in [1.82, 2.24) is 4.31 Å². The molecule has 0 fully saturated rings. The third-order valence-electron chi connectivity index (χ3n) is 0.707. The van der Waals surface area contributed by atoms with Crippen LogP contribution in [0, 0.1) is 0 Å². The van der Waals surface area contributed by atoms with Gasteiger partial charge in [-0.1, -0.05) is 0 Å².